The Balaban J connectivity index is 1.15. The molecule has 0 bridgehead atoms. The van der Waals surface area contributed by atoms with Crippen LogP contribution < -0.4 is 5.32 Å². The van der Waals surface area contributed by atoms with E-state index in [1.807, 2.05) is 6.07 Å². The largest absolute Gasteiger partial charge is 0.379 e. The zero-order valence-corrected chi connectivity index (χ0v) is 20.4. The van der Waals surface area contributed by atoms with Crippen LogP contribution in [0.25, 0.3) is 0 Å². The lowest BCUT2D eigenvalue weighted by Gasteiger charge is -2.34. The standard InChI is InChI=1S/C25H34N4O4S/c30-25(23-7-9-24(10-8-23)34(31,32)29-17-19-33-20-18-29)26-11-4-12-27-13-15-28(16-14-27)21-22-5-2-1-3-6-22/h1-3,5-10H,4,11-21H2,(H,26,30). The molecule has 2 heterocycles. The maximum Gasteiger partial charge on any atom is 0.251 e. The van der Waals surface area contributed by atoms with Gasteiger partial charge in [0, 0.05) is 57.9 Å². The van der Waals surface area contributed by atoms with Gasteiger partial charge >= 0.3 is 0 Å². The van der Waals surface area contributed by atoms with E-state index < -0.39 is 10.0 Å². The molecular weight excluding hydrogens is 452 g/mol. The number of ether oxygens (including phenoxy) is 1. The molecule has 34 heavy (non-hydrogen) atoms. The number of nitrogens with one attached hydrogen (secondary N) is 1. The Morgan fingerprint density at radius 1 is 0.853 bits per heavy atom. The third-order valence-corrected chi connectivity index (χ3v) is 8.29. The summed E-state index contributed by atoms with van der Waals surface area (Å²) in [5.41, 5.74) is 1.82. The van der Waals surface area contributed by atoms with Gasteiger partial charge in [0.15, 0.2) is 0 Å². The van der Waals surface area contributed by atoms with E-state index in [0.29, 0.717) is 38.4 Å². The normalized spacial score (nSPS) is 18.6. The van der Waals surface area contributed by atoms with Gasteiger partial charge in [-0.25, -0.2) is 8.42 Å². The molecule has 2 aliphatic heterocycles. The van der Waals surface area contributed by atoms with Gasteiger partial charge in [0.25, 0.3) is 5.91 Å². The molecule has 0 radical (unpaired) electrons. The third kappa shape index (κ3) is 6.64. The molecule has 2 fully saturated rings. The van der Waals surface area contributed by atoms with Crippen molar-refractivity contribution in [3.63, 3.8) is 0 Å². The summed E-state index contributed by atoms with van der Waals surface area (Å²) >= 11 is 0. The van der Waals surface area contributed by atoms with Crippen molar-refractivity contribution in [2.24, 2.45) is 0 Å². The fraction of sp³-hybridized carbons (Fsp3) is 0.480. The quantitative estimate of drug-likeness (QED) is 0.543. The van der Waals surface area contributed by atoms with Gasteiger partial charge in [-0.05, 0) is 42.8 Å². The second kappa shape index (κ2) is 11.9. The van der Waals surface area contributed by atoms with E-state index in [2.05, 4.69) is 39.4 Å². The third-order valence-electron chi connectivity index (χ3n) is 6.37. The Morgan fingerprint density at radius 3 is 2.18 bits per heavy atom. The van der Waals surface area contributed by atoms with Crippen LogP contribution in [0.2, 0.25) is 0 Å². The number of nitrogens with zero attached hydrogens (tertiary/aromatic N) is 3. The molecule has 4 rings (SSSR count). The maximum atomic E-state index is 12.7. The minimum absolute atomic E-state index is 0.178. The van der Waals surface area contributed by atoms with Crippen LogP contribution in [0.5, 0.6) is 0 Å². The minimum atomic E-state index is -3.55. The molecule has 9 heteroatoms. The van der Waals surface area contributed by atoms with Crippen LogP contribution in [0.1, 0.15) is 22.3 Å². The summed E-state index contributed by atoms with van der Waals surface area (Å²) in [7, 11) is -3.55. The summed E-state index contributed by atoms with van der Waals surface area (Å²) in [6.45, 7) is 8.26. The molecule has 0 saturated carbocycles. The molecule has 2 aromatic rings. The summed E-state index contributed by atoms with van der Waals surface area (Å²) in [6, 6.07) is 16.7. The van der Waals surface area contributed by atoms with Crippen molar-refractivity contribution in [2.75, 3.05) is 65.6 Å². The summed E-state index contributed by atoms with van der Waals surface area (Å²) < 4.78 is 32.1. The number of rotatable bonds is 9. The summed E-state index contributed by atoms with van der Waals surface area (Å²) in [5.74, 6) is -0.178. The van der Waals surface area contributed by atoms with E-state index in [1.165, 1.54) is 22.0 Å². The molecule has 0 unspecified atom stereocenters. The number of piperazine rings is 1. The van der Waals surface area contributed by atoms with Gasteiger partial charge in [0.05, 0.1) is 18.1 Å². The van der Waals surface area contributed by atoms with Crippen LogP contribution in [0, 0.1) is 0 Å². The highest BCUT2D eigenvalue weighted by Gasteiger charge is 2.26. The highest BCUT2D eigenvalue weighted by molar-refractivity contribution is 7.89. The average molecular weight is 487 g/mol. The summed E-state index contributed by atoms with van der Waals surface area (Å²) in [4.78, 5) is 17.6. The van der Waals surface area contributed by atoms with Gasteiger partial charge in [-0.3, -0.25) is 9.69 Å². The van der Waals surface area contributed by atoms with E-state index in [4.69, 9.17) is 4.74 Å². The van der Waals surface area contributed by atoms with E-state index >= 15 is 0 Å². The van der Waals surface area contributed by atoms with Crippen molar-refractivity contribution in [1.29, 1.82) is 0 Å². The zero-order chi connectivity index (χ0) is 23.8. The molecule has 0 aliphatic carbocycles. The number of benzene rings is 2. The summed E-state index contributed by atoms with van der Waals surface area (Å²) in [5, 5.41) is 2.95. The Labute approximate surface area is 202 Å². The van der Waals surface area contributed by atoms with Gasteiger partial charge in [-0.15, -0.1) is 0 Å². The number of hydrogen-bond acceptors (Lipinski definition) is 6. The molecule has 1 N–H and O–H groups in total. The molecule has 2 aliphatic rings. The fourth-order valence-corrected chi connectivity index (χ4v) is 5.74. The molecule has 8 nitrogen and oxygen atoms in total. The molecule has 1 amide bonds. The van der Waals surface area contributed by atoms with Crippen molar-refractivity contribution in [1.82, 2.24) is 19.4 Å². The monoisotopic (exact) mass is 486 g/mol. The zero-order valence-electron chi connectivity index (χ0n) is 19.6. The van der Waals surface area contributed by atoms with E-state index in [1.54, 1.807) is 12.1 Å². The van der Waals surface area contributed by atoms with Crippen LogP contribution in [-0.4, -0.2) is 94.0 Å². The number of carbonyl (C=O) groups is 1. The first-order valence-corrected chi connectivity index (χ1v) is 13.4. The Morgan fingerprint density at radius 2 is 1.50 bits per heavy atom. The second-order valence-electron chi connectivity index (χ2n) is 8.75. The van der Waals surface area contributed by atoms with Gasteiger partial charge < -0.3 is 15.0 Å². The lowest BCUT2D eigenvalue weighted by Crippen LogP contribution is -2.46. The van der Waals surface area contributed by atoms with Gasteiger partial charge in [0.1, 0.15) is 0 Å². The molecular formula is C25H34N4O4S. The topological polar surface area (TPSA) is 82.2 Å². The number of amides is 1. The molecule has 0 atom stereocenters. The number of sulfonamides is 1. The number of carbonyl (C=O) groups excluding carboxylic acids is 1. The average Bonchev–Trinajstić information content (AvgIpc) is 2.88. The first-order valence-electron chi connectivity index (χ1n) is 12.0. The van der Waals surface area contributed by atoms with Crippen LogP contribution in [0.4, 0.5) is 0 Å². The Bertz CT molecular complexity index is 1020. The van der Waals surface area contributed by atoms with E-state index in [0.717, 1.165) is 45.7 Å². The highest BCUT2D eigenvalue weighted by atomic mass is 32.2. The van der Waals surface area contributed by atoms with Crippen molar-refractivity contribution in [3.05, 3.63) is 65.7 Å². The second-order valence-corrected chi connectivity index (χ2v) is 10.7. The van der Waals surface area contributed by atoms with Gasteiger partial charge in [-0.1, -0.05) is 30.3 Å². The highest BCUT2D eigenvalue weighted by Crippen LogP contribution is 2.17. The van der Waals surface area contributed by atoms with Crippen molar-refractivity contribution in [3.8, 4) is 0 Å². The fourth-order valence-electron chi connectivity index (χ4n) is 4.33. The van der Waals surface area contributed by atoms with E-state index in [-0.39, 0.29) is 10.8 Å². The molecule has 0 spiro atoms. The van der Waals surface area contributed by atoms with Crippen LogP contribution >= 0.6 is 0 Å². The van der Waals surface area contributed by atoms with Crippen LogP contribution in [0.15, 0.2) is 59.5 Å². The van der Waals surface area contributed by atoms with Crippen molar-refractivity contribution < 1.29 is 17.9 Å². The smallest absolute Gasteiger partial charge is 0.251 e. The van der Waals surface area contributed by atoms with Crippen molar-refractivity contribution >= 4 is 15.9 Å². The lowest BCUT2D eigenvalue weighted by molar-refractivity contribution is 0.0730. The van der Waals surface area contributed by atoms with Crippen molar-refractivity contribution in [2.45, 2.75) is 17.9 Å². The minimum Gasteiger partial charge on any atom is -0.379 e. The van der Waals surface area contributed by atoms with Gasteiger partial charge in [0.2, 0.25) is 10.0 Å². The van der Waals surface area contributed by atoms with E-state index in [9.17, 15) is 13.2 Å². The number of morpholine rings is 1. The first kappa shape index (κ1) is 24.8. The Kier molecular flexibility index (Phi) is 8.69. The Hall–Kier alpha value is -2.30. The summed E-state index contributed by atoms with van der Waals surface area (Å²) in [6.07, 6.45) is 0.883. The first-order chi connectivity index (χ1) is 16.5. The maximum absolute atomic E-state index is 12.7. The predicted molar refractivity (Wildman–Crippen MR) is 131 cm³/mol. The van der Waals surface area contributed by atoms with Crippen LogP contribution in [-0.2, 0) is 21.3 Å². The lowest BCUT2D eigenvalue weighted by atomic mass is 10.2. The molecule has 2 saturated heterocycles. The predicted octanol–water partition coefficient (Wildman–Crippen LogP) is 1.65. The number of hydrogen-bond donors (Lipinski definition) is 1. The van der Waals surface area contributed by atoms with Gasteiger partial charge in [-0.2, -0.15) is 4.31 Å². The SMILES string of the molecule is O=C(NCCCN1CCN(Cc2ccccc2)CC1)c1ccc(S(=O)(=O)N2CCOCC2)cc1. The molecule has 184 valence electrons. The molecule has 0 aromatic heterocycles. The van der Waals surface area contributed by atoms with Crippen LogP contribution in [0.3, 0.4) is 0 Å². The molecule has 2 aromatic carbocycles.